The number of carbonyl (C=O) groups is 2. The van der Waals surface area contributed by atoms with Crippen LogP contribution in [-0.2, 0) is 19.1 Å². The SMILES string of the molecule is CCOC(=O)C(C(=O)OCC)C(Br)C(C)C. The molecule has 0 aromatic rings. The van der Waals surface area contributed by atoms with Gasteiger partial charge in [-0.15, -0.1) is 0 Å². The Labute approximate surface area is 105 Å². The fourth-order valence-electron chi connectivity index (χ4n) is 1.21. The minimum atomic E-state index is -0.889. The lowest BCUT2D eigenvalue weighted by atomic mass is 9.97. The molecule has 0 rings (SSSR count). The molecule has 94 valence electrons. The van der Waals surface area contributed by atoms with Crippen LogP contribution >= 0.6 is 15.9 Å². The molecule has 5 heteroatoms. The summed E-state index contributed by atoms with van der Waals surface area (Å²) in [7, 11) is 0. The van der Waals surface area contributed by atoms with Crippen LogP contribution in [0.1, 0.15) is 27.7 Å². The number of carbonyl (C=O) groups excluding carboxylic acids is 2. The van der Waals surface area contributed by atoms with E-state index in [0.717, 1.165) is 0 Å². The van der Waals surface area contributed by atoms with Gasteiger partial charge in [0.2, 0.25) is 0 Å². The van der Waals surface area contributed by atoms with Crippen LogP contribution in [-0.4, -0.2) is 30.0 Å². The first-order valence-corrected chi connectivity index (χ1v) is 6.34. The van der Waals surface area contributed by atoms with Crippen LogP contribution in [0.3, 0.4) is 0 Å². The molecule has 0 aromatic carbocycles. The van der Waals surface area contributed by atoms with E-state index in [-0.39, 0.29) is 24.0 Å². The summed E-state index contributed by atoms with van der Waals surface area (Å²) in [5.74, 6) is -1.81. The smallest absolute Gasteiger partial charge is 0.321 e. The van der Waals surface area contributed by atoms with Crippen molar-refractivity contribution in [1.82, 2.24) is 0 Å². The number of alkyl halides is 1. The maximum Gasteiger partial charge on any atom is 0.321 e. The van der Waals surface area contributed by atoms with Crippen molar-refractivity contribution in [2.75, 3.05) is 13.2 Å². The Kier molecular flexibility index (Phi) is 7.38. The Morgan fingerprint density at radius 2 is 1.44 bits per heavy atom. The monoisotopic (exact) mass is 294 g/mol. The molecule has 0 aliphatic carbocycles. The van der Waals surface area contributed by atoms with Gasteiger partial charge in [0.15, 0.2) is 5.92 Å². The second-order valence-electron chi connectivity index (χ2n) is 3.67. The number of halogens is 1. The van der Waals surface area contributed by atoms with Crippen molar-refractivity contribution in [2.24, 2.45) is 11.8 Å². The normalized spacial score (nSPS) is 12.7. The highest BCUT2D eigenvalue weighted by atomic mass is 79.9. The van der Waals surface area contributed by atoms with Crippen molar-refractivity contribution >= 4 is 27.9 Å². The van der Waals surface area contributed by atoms with Gasteiger partial charge in [0.25, 0.3) is 0 Å². The first-order chi connectivity index (χ1) is 7.45. The Morgan fingerprint density at radius 1 is 1.06 bits per heavy atom. The van der Waals surface area contributed by atoms with E-state index < -0.39 is 17.9 Å². The zero-order valence-corrected chi connectivity index (χ0v) is 11.7. The van der Waals surface area contributed by atoms with Gasteiger partial charge in [0.1, 0.15) is 0 Å². The number of hydrogen-bond acceptors (Lipinski definition) is 4. The largest absolute Gasteiger partial charge is 0.465 e. The summed E-state index contributed by atoms with van der Waals surface area (Å²) in [6, 6.07) is 0. The van der Waals surface area contributed by atoms with Crippen LogP contribution in [0.4, 0.5) is 0 Å². The molecule has 0 aliphatic heterocycles. The standard InChI is InChI=1S/C11H19BrO4/c1-5-15-10(13)8(9(12)7(3)4)11(14)16-6-2/h7-9H,5-6H2,1-4H3. The molecule has 1 unspecified atom stereocenters. The van der Waals surface area contributed by atoms with Crippen LogP contribution < -0.4 is 0 Å². The Bertz CT molecular complexity index is 222. The molecule has 0 aliphatic rings. The van der Waals surface area contributed by atoms with E-state index in [9.17, 15) is 9.59 Å². The quantitative estimate of drug-likeness (QED) is 0.428. The predicted molar refractivity (Wildman–Crippen MR) is 64.3 cm³/mol. The van der Waals surface area contributed by atoms with Crippen LogP contribution in [0.25, 0.3) is 0 Å². The third-order valence-corrected chi connectivity index (χ3v) is 3.62. The molecular weight excluding hydrogens is 276 g/mol. The van der Waals surface area contributed by atoms with Crippen molar-refractivity contribution in [2.45, 2.75) is 32.5 Å². The first-order valence-electron chi connectivity index (χ1n) is 5.42. The molecule has 0 radical (unpaired) electrons. The summed E-state index contributed by atoms with van der Waals surface area (Å²) < 4.78 is 9.75. The number of rotatable bonds is 6. The van der Waals surface area contributed by atoms with Crippen LogP contribution in [0, 0.1) is 11.8 Å². The van der Waals surface area contributed by atoms with Gasteiger partial charge in [-0.25, -0.2) is 0 Å². The van der Waals surface area contributed by atoms with Crippen LogP contribution in [0.15, 0.2) is 0 Å². The van der Waals surface area contributed by atoms with Crippen molar-refractivity contribution in [1.29, 1.82) is 0 Å². The summed E-state index contributed by atoms with van der Waals surface area (Å²) >= 11 is 3.35. The minimum absolute atomic E-state index is 0.138. The second-order valence-corrected chi connectivity index (χ2v) is 4.73. The molecule has 0 amide bonds. The first kappa shape index (κ1) is 15.4. The number of ether oxygens (including phenoxy) is 2. The molecule has 1 atom stereocenters. The van der Waals surface area contributed by atoms with E-state index in [4.69, 9.17) is 9.47 Å². The summed E-state index contributed by atoms with van der Waals surface area (Å²) in [6.45, 7) is 7.77. The molecule has 0 aromatic heterocycles. The molecule has 0 heterocycles. The van der Waals surface area contributed by atoms with Gasteiger partial charge in [0, 0.05) is 4.83 Å². The van der Waals surface area contributed by atoms with Gasteiger partial charge < -0.3 is 9.47 Å². The maximum atomic E-state index is 11.7. The van der Waals surface area contributed by atoms with Gasteiger partial charge in [-0.3, -0.25) is 9.59 Å². The molecular formula is C11H19BrO4. The van der Waals surface area contributed by atoms with Crippen molar-refractivity contribution < 1.29 is 19.1 Å². The zero-order valence-electron chi connectivity index (χ0n) is 10.2. The molecule has 0 spiro atoms. The Morgan fingerprint density at radius 3 is 1.69 bits per heavy atom. The summed E-state index contributed by atoms with van der Waals surface area (Å²) in [5.41, 5.74) is 0. The van der Waals surface area contributed by atoms with Crippen molar-refractivity contribution in [3.63, 3.8) is 0 Å². The van der Waals surface area contributed by atoms with Gasteiger partial charge in [0.05, 0.1) is 13.2 Å². The molecule has 0 fully saturated rings. The third kappa shape index (κ3) is 4.51. The molecule has 4 nitrogen and oxygen atoms in total. The second kappa shape index (κ2) is 7.65. The van der Waals surface area contributed by atoms with Crippen LogP contribution in [0.2, 0.25) is 0 Å². The number of esters is 2. The van der Waals surface area contributed by atoms with E-state index in [2.05, 4.69) is 15.9 Å². The lowest BCUT2D eigenvalue weighted by Crippen LogP contribution is -2.37. The summed E-state index contributed by atoms with van der Waals surface area (Å²) in [6.07, 6.45) is 0. The molecule has 0 N–H and O–H groups in total. The number of hydrogen-bond donors (Lipinski definition) is 0. The van der Waals surface area contributed by atoms with E-state index in [0.29, 0.717) is 0 Å². The Hall–Kier alpha value is -0.580. The highest BCUT2D eigenvalue weighted by Gasteiger charge is 2.37. The van der Waals surface area contributed by atoms with E-state index in [1.54, 1.807) is 13.8 Å². The van der Waals surface area contributed by atoms with Gasteiger partial charge in [-0.1, -0.05) is 29.8 Å². The van der Waals surface area contributed by atoms with Crippen molar-refractivity contribution in [3.8, 4) is 0 Å². The molecule has 16 heavy (non-hydrogen) atoms. The summed E-state index contributed by atoms with van der Waals surface area (Å²) in [5, 5.41) is 0. The van der Waals surface area contributed by atoms with E-state index in [1.165, 1.54) is 0 Å². The van der Waals surface area contributed by atoms with Gasteiger partial charge in [-0.2, -0.15) is 0 Å². The van der Waals surface area contributed by atoms with E-state index >= 15 is 0 Å². The molecule has 0 bridgehead atoms. The fraction of sp³-hybridized carbons (Fsp3) is 0.818. The van der Waals surface area contributed by atoms with Crippen LogP contribution in [0.5, 0.6) is 0 Å². The van der Waals surface area contributed by atoms with Gasteiger partial charge >= 0.3 is 11.9 Å². The van der Waals surface area contributed by atoms with Gasteiger partial charge in [-0.05, 0) is 19.8 Å². The summed E-state index contributed by atoms with van der Waals surface area (Å²) in [4.78, 5) is 23.0. The lowest BCUT2D eigenvalue weighted by Gasteiger charge is -2.21. The topological polar surface area (TPSA) is 52.6 Å². The average Bonchev–Trinajstić information content (AvgIpc) is 2.18. The Balaban J connectivity index is 4.75. The maximum absolute atomic E-state index is 11.7. The predicted octanol–water partition coefficient (Wildman–Crippen LogP) is 2.15. The lowest BCUT2D eigenvalue weighted by molar-refractivity contribution is -0.161. The highest BCUT2D eigenvalue weighted by molar-refractivity contribution is 9.09. The fourth-order valence-corrected chi connectivity index (χ4v) is 1.64. The molecule has 0 saturated carbocycles. The average molecular weight is 295 g/mol. The van der Waals surface area contributed by atoms with E-state index in [1.807, 2.05) is 13.8 Å². The highest BCUT2D eigenvalue weighted by Crippen LogP contribution is 2.24. The molecule has 0 saturated heterocycles. The third-order valence-electron chi connectivity index (χ3n) is 2.04. The zero-order chi connectivity index (χ0) is 12.7. The van der Waals surface area contributed by atoms with Crippen molar-refractivity contribution in [3.05, 3.63) is 0 Å². The minimum Gasteiger partial charge on any atom is -0.465 e.